The first kappa shape index (κ1) is 15.0. The van der Waals surface area contributed by atoms with Crippen LogP contribution < -0.4 is 11.3 Å². The van der Waals surface area contributed by atoms with Gasteiger partial charge in [0.15, 0.2) is 0 Å². The lowest BCUT2D eigenvalue weighted by Gasteiger charge is -2.40. The van der Waals surface area contributed by atoms with Gasteiger partial charge >= 0.3 is 0 Å². The van der Waals surface area contributed by atoms with Crippen molar-refractivity contribution in [2.45, 2.75) is 56.4 Å². The molecule has 3 nitrogen and oxygen atoms in total. The Morgan fingerprint density at radius 2 is 1.81 bits per heavy atom. The molecule has 0 bridgehead atoms. The maximum atomic E-state index is 6.01. The molecule has 0 amide bonds. The van der Waals surface area contributed by atoms with Crippen LogP contribution in [0.1, 0.15) is 50.5 Å². The summed E-state index contributed by atoms with van der Waals surface area (Å²) in [6.45, 7) is 1.83. The molecule has 1 saturated heterocycles. The molecule has 1 aromatic rings. The molecule has 116 valence electrons. The number of benzene rings is 1. The van der Waals surface area contributed by atoms with Crippen LogP contribution in [0.15, 0.2) is 30.3 Å². The van der Waals surface area contributed by atoms with Crippen LogP contribution in [0.2, 0.25) is 0 Å². The van der Waals surface area contributed by atoms with Crippen molar-refractivity contribution in [2.24, 2.45) is 11.8 Å². The summed E-state index contributed by atoms with van der Waals surface area (Å²) in [6.07, 6.45) is 8.70. The summed E-state index contributed by atoms with van der Waals surface area (Å²) in [5.41, 5.74) is 4.89. The van der Waals surface area contributed by atoms with E-state index in [0.29, 0.717) is 6.04 Å². The fourth-order valence-electron chi connectivity index (χ4n) is 4.38. The first-order valence-electron chi connectivity index (χ1n) is 8.44. The zero-order valence-corrected chi connectivity index (χ0v) is 12.9. The topological polar surface area (TPSA) is 47.3 Å². The van der Waals surface area contributed by atoms with Crippen LogP contribution in [-0.2, 0) is 10.2 Å². The van der Waals surface area contributed by atoms with Crippen molar-refractivity contribution in [1.82, 2.24) is 5.43 Å². The summed E-state index contributed by atoms with van der Waals surface area (Å²) in [5.74, 6) is 6.76. The highest BCUT2D eigenvalue weighted by Crippen LogP contribution is 2.45. The predicted octanol–water partition coefficient (Wildman–Crippen LogP) is 3.15. The van der Waals surface area contributed by atoms with Gasteiger partial charge in [-0.15, -0.1) is 0 Å². The summed E-state index contributed by atoms with van der Waals surface area (Å²) >= 11 is 0. The lowest BCUT2D eigenvalue weighted by molar-refractivity contribution is 0.0561. The average molecular weight is 288 g/mol. The number of hydrogen-bond acceptors (Lipinski definition) is 3. The summed E-state index contributed by atoms with van der Waals surface area (Å²) in [7, 11) is 0. The number of nitrogens with one attached hydrogen (secondary N) is 1. The van der Waals surface area contributed by atoms with Crippen LogP contribution in [-0.4, -0.2) is 19.3 Å². The molecule has 3 rings (SSSR count). The van der Waals surface area contributed by atoms with Gasteiger partial charge in [0.1, 0.15) is 0 Å². The number of hydrazine groups is 1. The van der Waals surface area contributed by atoms with Crippen molar-refractivity contribution in [1.29, 1.82) is 0 Å². The summed E-state index contributed by atoms with van der Waals surface area (Å²) < 4.78 is 5.50. The van der Waals surface area contributed by atoms with Crippen LogP contribution >= 0.6 is 0 Å². The Morgan fingerprint density at radius 3 is 2.43 bits per heavy atom. The molecule has 1 heterocycles. The Morgan fingerprint density at radius 1 is 1.14 bits per heavy atom. The van der Waals surface area contributed by atoms with Gasteiger partial charge in [-0.3, -0.25) is 11.3 Å². The number of hydrogen-bond donors (Lipinski definition) is 2. The van der Waals surface area contributed by atoms with E-state index in [2.05, 4.69) is 35.8 Å². The standard InChI is InChI=1S/C18H28N2O/c19-20-17(14-15-8-12-21-13-9-15)18(10-4-5-11-18)16-6-2-1-3-7-16/h1-3,6-7,15,17,20H,4-5,8-14,19H2. The SMILES string of the molecule is NNC(CC1CCOCC1)C1(c2ccccc2)CCCC1. The van der Waals surface area contributed by atoms with Crippen LogP contribution in [0.25, 0.3) is 0 Å². The Hall–Kier alpha value is -0.900. The lowest BCUT2D eigenvalue weighted by Crippen LogP contribution is -2.51. The van der Waals surface area contributed by atoms with Crippen LogP contribution in [0.4, 0.5) is 0 Å². The molecule has 1 aromatic carbocycles. The number of ether oxygens (including phenoxy) is 1. The summed E-state index contributed by atoms with van der Waals surface area (Å²) in [6, 6.07) is 11.4. The van der Waals surface area contributed by atoms with Gasteiger partial charge in [0.25, 0.3) is 0 Å². The summed E-state index contributed by atoms with van der Waals surface area (Å²) in [5, 5.41) is 0. The molecule has 2 fully saturated rings. The van der Waals surface area contributed by atoms with Gasteiger partial charge < -0.3 is 4.74 Å². The fraction of sp³-hybridized carbons (Fsp3) is 0.667. The van der Waals surface area contributed by atoms with Gasteiger partial charge in [0.2, 0.25) is 0 Å². The molecule has 21 heavy (non-hydrogen) atoms. The third kappa shape index (κ3) is 3.15. The largest absolute Gasteiger partial charge is 0.381 e. The third-order valence-corrected chi connectivity index (χ3v) is 5.62. The van der Waals surface area contributed by atoms with E-state index in [-0.39, 0.29) is 5.41 Å². The Bertz CT molecular complexity index is 422. The molecule has 0 radical (unpaired) electrons. The predicted molar refractivity (Wildman–Crippen MR) is 85.9 cm³/mol. The van der Waals surface area contributed by atoms with Crippen LogP contribution in [0.3, 0.4) is 0 Å². The van der Waals surface area contributed by atoms with Crippen molar-refractivity contribution < 1.29 is 4.74 Å². The van der Waals surface area contributed by atoms with Crippen molar-refractivity contribution in [2.75, 3.05) is 13.2 Å². The van der Waals surface area contributed by atoms with E-state index in [1.54, 1.807) is 0 Å². The molecular formula is C18H28N2O. The highest BCUT2D eigenvalue weighted by atomic mass is 16.5. The zero-order chi connectivity index (χ0) is 14.5. The highest BCUT2D eigenvalue weighted by Gasteiger charge is 2.43. The molecule has 3 N–H and O–H groups in total. The van der Waals surface area contributed by atoms with Crippen LogP contribution in [0.5, 0.6) is 0 Å². The van der Waals surface area contributed by atoms with E-state index in [1.807, 2.05) is 0 Å². The molecule has 1 aliphatic heterocycles. The smallest absolute Gasteiger partial charge is 0.0468 e. The van der Waals surface area contributed by atoms with E-state index in [9.17, 15) is 0 Å². The second kappa shape index (κ2) is 6.91. The molecule has 1 saturated carbocycles. The van der Waals surface area contributed by atoms with Gasteiger partial charge in [-0.1, -0.05) is 43.2 Å². The number of nitrogens with two attached hydrogens (primary N) is 1. The first-order chi connectivity index (χ1) is 10.3. The average Bonchev–Trinajstić information content (AvgIpc) is 3.05. The van der Waals surface area contributed by atoms with Crippen molar-refractivity contribution in [3.8, 4) is 0 Å². The molecule has 0 aromatic heterocycles. The first-order valence-corrected chi connectivity index (χ1v) is 8.44. The minimum atomic E-state index is 0.230. The monoisotopic (exact) mass is 288 g/mol. The number of rotatable bonds is 5. The quantitative estimate of drug-likeness (QED) is 0.646. The van der Waals surface area contributed by atoms with E-state index in [0.717, 1.165) is 19.1 Å². The van der Waals surface area contributed by atoms with Crippen molar-refractivity contribution >= 4 is 0 Å². The Balaban J connectivity index is 1.80. The van der Waals surface area contributed by atoms with Gasteiger partial charge in [-0.05, 0) is 43.6 Å². The Labute approximate surface area is 128 Å². The highest BCUT2D eigenvalue weighted by molar-refractivity contribution is 5.29. The zero-order valence-electron chi connectivity index (χ0n) is 12.9. The maximum absolute atomic E-state index is 6.01. The van der Waals surface area contributed by atoms with Gasteiger partial charge in [-0.25, -0.2) is 0 Å². The maximum Gasteiger partial charge on any atom is 0.0468 e. The Kier molecular flexibility index (Phi) is 4.94. The van der Waals surface area contributed by atoms with E-state index in [4.69, 9.17) is 10.6 Å². The van der Waals surface area contributed by atoms with E-state index < -0.39 is 0 Å². The minimum absolute atomic E-state index is 0.230. The molecule has 1 unspecified atom stereocenters. The van der Waals surface area contributed by atoms with E-state index >= 15 is 0 Å². The van der Waals surface area contributed by atoms with Crippen molar-refractivity contribution in [3.63, 3.8) is 0 Å². The van der Waals surface area contributed by atoms with E-state index in [1.165, 1.54) is 50.5 Å². The second-order valence-electron chi connectivity index (χ2n) is 6.74. The minimum Gasteiger partial charge on any atom is -0.381 e. The molecule has 1 aliphatic carbocycles. The van der Waals surface area contributed by atoms with Crippen molar-refractivity contribution in [3.05, 3.63) is 35.9 Å². The van der Waals surface area contributed by atoms with Crippen LogP contribution in [0, 0.1) is 5.92 Å². The second-order valence-corrected chi connectivity index (χ2v) is 6.74. The third-order valence-electron chi connectivity index (χ3n) is 5.62. The molecule has 3 heteroatoms. The normalized spacial score (nSPS) is 24.0. The molecular weight excluding hydrogens is 260 g/mol. The fourth-order valence-corrected chi connectivity index (χ4v) is 4.38. The van der Waals surface area contributed by atoms with Gasteiger partial charge in [-0.2, -0.15) is 0 Å². The van der Waals surface area contributed by atoms with Gasteiger partial charge in [0, 0.05) is 24.7 Å². The van der Waals surface area contributed by atoms with Gasteiger partial charge in [0.05, 0.1) is 0 Å². The molecule has 2 aliphatic rings. The summed E-state index contributed by atoms with van der Waals surface area (Å²) in [4.78, 5) is 0. The molecule has 1 atom stereocenters. The molecule has 0 spiro atoms. The lowest BCUT2D eigenvalue weighted by atomic mass is 9.69.